The lowest BCUT2D eigenvalue weighted by atomic mass is 9.81. The van der Waals surface area contributed by atoms with Gasteiger partial charge in [-0.25, -0.2) is 4.98 Å². The van der Waals surface area contributed by atoms with Crippen molar-refractivity contribution in [3.8, 4) is 0 Å². The topological polar surface area (TPSA) is 60.0 Å². The smallest absolute Gasteiger partial charge is 0.203 e. The molecule has 0 aliphatic carbocycles. The van der Waals surface area contributed by atoms with Gasteiger partial charge >= 0.3 is 0 Å². The predicted molar refractivity (Wildman–Crippen MR) is 72.3 cm³/mol. The van der Waals surface area contributed by atoms with Gasteiger partial charge in [0.25, 0.3) is 0 Å². The molecule has 0 bridgehead atoms. The van der Waals surface area contributed by atoms with Crippen molar-refractivity contribution in [3.63, 3.8) is 0 Å². The van der Waals surface area contributed by atoms with Crippen molar-refractivity contribution in [1.29, 1.82) is 0 Å². The van der Waals surface area contributed by atoms with Crippen LogP contribution in [0.25, 0.3) is 11.2 Å². The molecule has 2 aromatic rings. The number of hydrogen-bond donors (Lipinski definition) is 1. The molecule has 19 heavy (non-hydrogen) atoms. The molecule has 0 saturated carbocycles. The molecule has 6 heteroatoms. The SMILES string of the molecule is [B]c1cnc2[nH]cc(C3(C(C)(C)C)OCCO3)c2n1. The van der Waals surface area contributed by atoms with Gasteiger partial charge in [0.15, 0.2) is 5.65 Å². The van der Waals surface area contributed by atoms with Crippen LogP contribution in [0, 0.1) is 5.41 Å². The molecule has 0 unspecified atom stereocenters. The molecule has 2 radical (unpaired) electrons. The first-order chi connectivity index (χ1) is 8.94. The van der Waals surface area contributed by atoms with Crippen LogP contribution >= 0.6 is 0 Å². The average Bonchev–Trinajstić information content (AvgIpc) is 2.92. The summed E-state index contributed by atoms with van der Waals surface area (Å²) in [5, 5.41) is 0. The number of hydrogen-bond acceptors (Lipinski definition) is 4. The third kappa shape index (κ3) is 1.78. The van der Waals surface area contributed by atoms with E-state index < -0.39 is 5.79 Å². The van der Waals surface area contributed by atoms with E-state index in [0.29, 0.717) is 30.0 Å². The van der Waals surface area contributed by atoms with E-state index in [1.807, 2.05) is 6.20 Å². The highest BCUT2D eigenvalue weighted by molar-refractivity contribution is 6.30. The van der Waals surface area contributed by atoms with Crippen molar-refractivity contribution in [1.82, 2.24) is 15.0 Å². The van der Waals surface area contributed by atoms with Crippen molar-refractivity contribution in [3.05, 3.63) is 18.0 Å². The first-order valence-corrected chi connectivity index (χ1v) is 6.32. The molecule has 0 amide bonds. The van der Waals surface area contributed by atoms with Gasteiger partial charge in [-0.05, 0) is 0 Å². The second-order valence-corrected chi connectivity index (χ2v) is 5.76. The molecule has 5 nitrogen and oxygen atoms in total. The molecule has 1 N–H and O–H groups in total. The van der Waals surface area contributed by atoms with Gasteiger partial charge in [0.05, 0.1) is 18.8 Å². The summed E-state index contributed by atoms with van der Waals surface area (Å²) in [5.41, 5.74) is 2.40. The van der Waals surface area contributed by atoms with Crippen LogP contribution in [0.4, 0.5) is 0 Å². The van der Waals surface area contributed by atoms with Crippen LogP contribution in [-0.2, 0) is 15.3 Å². The molecule has 2 aromatic heterocycles. The maximum Gasteiger partial charge on any atom is 0.203 e. The van der Waals surface area contributed by atoms with Crippen LogP contribution in [0.3, 0.4) is 0 Å². The van der Waals surface area contributed by atoms with Crippen molar-refractivity contribution < 1.29 is 9.47 Å². The van der Waals surface area contributed by atoms with Gasteiger partial charge in [-0.15, -0.1) is 0 Å². The van der Waals surface area contributed by atoms with Crippen molar-refractivity contribution in [2.24, 2.45) is 5.41 Å². The number of ether oxygens (including phenoxy) is 2. The lowest BCUT2D eigenvalue weighted by Crippen LogP contribution is -2.41. The fourth-order valence-electron chi connectivity index (χ4n) is 2.56. The third-order valence-electron chi connectivity index (χ3n) is 3.44. The molecule has 98 valence electrons. The van der Waals surface area contributed by atoms with Gasteiger partial charge in [-0.2, -0.15) is 0 Å². The highest BCUT2D eigenvalue weighted by atomic mass is 16.7. The zero-order chi connectivity index (χ0) is 13.7. The number of H-pyrrole nitrogens is 1. The zero-order valence-corrected chi connectivity index (χ0v) is 11.4. The van der Waals surface area contributed by atoms with Crippen LogP contribution < -0.4 is 5.59 Å². The first-order valence-electron chi connectivity index (χ1n) is 6.32. The molecule has 1 fully saturated rings. The molecular weight excluding hydrogens is 241 g/mol. The van der Waals surface area contributed by atoms with Crippen molar-refractivity contribution >= 4 is 24.6 Å². The minimum absolute atomic E-state index is 0.231. The minimum Gasteiger partial charge on any atom is -0.344 e. The van der Waals surface area contributed by atoms with Crippen LogP contribution in [0.5, 0.6) is 0 Å². The van der Waals surface area contributed by atoms with Gasteiger partial charge in [0.1, 0.15) is 13.4 Å². The van der Waals surface area contributed by atoms with Gasteiger partial charge in [0.2, 0.25) is 5.79 Å². The van der Waals surface area contributed by atoms with E-state index in [4.69, 9.17) is 17.3 Å². The summed E-state index contributed by atoms with van der Waals surface area (Å²) in [6.45, 7) is 7.38. The molecular formula is C13H16BN3O2. The number of nitrogens with zero attached hydrogens (tertiary/aromatic N) is 2. The lowest BCUT2D eigenvalue weighted by Gasteiger charge is -2.39. The zero-order valence-electron chi connectivity index (χ0n) is 11.4. The Morgan fingerprint density at radius 3 is 2.63 bits per heavy atom. The van der Waals surface area contributed by atoms with E-state index in [0.717, 1.165) is 5.56 Å². The highest BCUT2D eigenvalue weighted by Crippen LogP contribution is 2.47. The van der Waals surface area contributed by atoms with E-state index in [1.54, 1.807) is 0 Å². The Kier molecular flexibility index (Phi) is 2.69. The normalized spacial score (nSPS) is 19.1. The van der Waals surface area contributed by atoms with Crippen LogP contribution in [-0.4, -0.2) is 36.0 Å². The maximum atomic E-state index is 5.95. The summed E-state index contributed by atoms with van der Waals surface area (Å²) in [6, 6.07) is 0. The molecule has 1 saturated heterocycles. The Bertz CT molecular complexity index is 612. The summed E-state index contributed by atoms with van der Waals surface area (Å²) >= 11 is 0. The second kappa shape index (κ2) is 4.05. The number of aromatic amines is 1. The predicted octanol–water partition coefficient (Wildman–Crippen LogP) is 0.997. The molecule has 3 heterocycles. The number of nitrogens with one attached hydrogen (secondary N) is 1. The van der Waals surface area contributed by atoms with Crippen molar-refractivity contribution in [2.75, 3.05) is 13.2 Å². The molecule has 1 aliphatic rings. The molecule has 0 spiro atoms. The number of rotatable bonds is 1. The largest absolute Gasteiger partial charge is 0.344 e. The Morgan fingerprint density at radius 1 is 1.32 bits per heavy atom. The Labute approximate surface area is 113 Å². The standard InChI is InChI=1S/C13H16BN3O2/c1-12(2,3)13(18-4-5-19-13)8-6-15-11-10(8)17-9(14)7-16-11/h6-7H,4-5H2,1-3H3,(H,15,16). The van der Waals surface area contributed by atoms with E-state index in [9.17, 15) is 0 Å². The van der Waals surface area contributed by atoms with Crippen LogP contribution in [0.15, 0.2) is 12.4 Å². The maximum absolute atomic E-state index is 5.95. The fourth-order valence-corrected chi connectivity index (χ4v) is 2.56. The second-order valence-electron chi connectivity index (χ2n) is 5.76. The monoisotopic (exact) mass is 257 g/mol. The summed E-state index contributed by atoms with van der Waals surface area (Å²) in [7, 11) is 5.73. The Balaban J connectivity index is 2.24. The van der Waals surface area contributed by atoms with E-state index in [2.05, 4.69) is 35.7 Å². The summed E-state index contributed by atoms with van der Waals surface area (Å²) in [5.74, 6) is -0.812. The van der Waals surface area contributed by atoms with Gasteiger partial charge in [-0.1, -0.05) is 20.8 Å². The summed E-state index contributed by atoms with van der Waals surface area (Å²) in [4.78, 5) is 11.7. The van der Waals surface area contributed by atoms with Gasteiger partial charge < -0.3 is 14.5 Å². The lowest BCUT2D eigenvalue weighted by molar-refractivity contribution is -0.231. The van der Waals surface area contributed by atoms with Gasteiger partial charge in [0, 0.05) is 23.4 Å². The average molecular weight is 257 g/mol. The molecule has 0 aromatic carbocycles. The highest BCUT2D eigenvalue weighted by Gasteiger charge is 2.50. The minimum atomic E-state index is -0.812. The van der Waals surface area contributed by atoms with E-state index >= 15 is 0 Å². The van der Waals surface area contributed by atoms with E-state index in [-0.39, 0.29) is 5.41 Å². The molecule has 0 atom stereocenters. The number of aromatic nitrogens is 3. The number of fused-ring (bicyclic) bond motifs is 1. The van der Waals surface area contributed by atoms with Gasteiger partial charge in [-0.3, -0.25) is 4.98 Å². The Hall–Kier alpha value is -1.40. The summed E-state index contributed by atoms with van der Waals surface area (Å²) in [6.07, 6.45) is 3.38. The van der Waals surface area contributed by atoms with Crippen LogP contribution in [0.1, 0.15) is 26.3 Å². The molecule has 1 aliphatic heterocycles. The Morgan fingerprint density at radius 2 is 2.00 bits per heavy atom. The van der Waals surface area contributed by atoms with Crippen molar-refractivity contribution in [2.45, 2.75) is 26.6 Å². The van der Waals surface area contributed by atoms with Crippen LogP contribution in [0.2, 0.25) is 0 Å². The third-order valence-corrected chi connectivity index (χ3v) is 3.44. The summed E-state index contributed by atoms with van der Waals surface area (Å²) < 4.78 is 11.9. The van der Waals surface area contributed by atoms with E-state index in [1.165, 1.54) is 6.20 Å². The quantitative estimate of drug-likeness (QED) is 0.774. The fraction of sp³-hybridized carbons (Fsp3) is 0.538. The first kappa shape index (κ1) is 12.6. The molecule has 3 rings (SSSR count).